The van der Waals surface area contributed by atoms with E-state index in [-0.39, 0.29) is 5.82 Å². The van der Waals surface area contributed by atoms with Gasteiger partial charge in [0.2, 0.25) is 0 Å². The Morgan fingerprint density at radius 2 is 1.77 bits per heavy atom. The Balaban J connectivity index is 1.66. The Kier molecular flexibility index (Phi) is 4.22. The van der Waals surface area contributed by atoms with Gasteiger partial charge in [-0.2, -0.15) is 0 Å². The van der Waals surface area contributed by atoms with Crippen LogP contribution in [0, 0.1) is 12.7 Å². The van der Waals surface area contributed by atoms with Gasteiger partial charge in [0.15, 0.2) is 0 Å². The number of methoxy groups -OCH3 is 1. The van der Waals surface area contributed by atoms with Gasteiger partial charge in [0.05, 0.1) is 24.2 Å². The van der Waals surface area contributed by atoms with Gasteiger partial charge in [-0.1, -0.05) is 5.21 Å². The van der Waals surface area contributed by atoms with E-state index < -0.39 is 0 Å². The smallest absolute Gasteiger partial charge is 0.146 e. The first-order chi connectivity index (χ1) is 12.7. The third-order valence-electron chi connectivity index (χ3n) is 4.06. The third-order valence-corrected chi connectivity index (χ3v) is 4.91. The lowest BCUT2D eigenvalue weighted by Crippen LogP contribution is -1.99. The van der Waals surface area contributed by atoms with Gasteiger partial charge in [-0.25, -0.2) is 14.1 Å². The number of nitrogens with zero attached hydrogens (tertiary/aromatic N) is 4. The summed E-state index contributed by atoms with van der Waals surface area (Å²) in [6, 6.07) is 13.9. The molecule has 0 unspecified atom stereocenters. The summed E-state index contributed by atoms with van der Waals surface area (Å²) in [5.74, 6) is 0.526. The third kappa shape index (κ3) is 2.97. The molecule has 4 rings (SSSR count). The summed E-state index contributed by atoms with van der Waals surface area (Å²) in [7, 11) is 1.64. The lowest BCUT2D eigenvalue weighted by molar-refractivity contribution is 0.415. The molecule has 0 saturated heterocycles. The molecule has 7 heteroatoms. The molecule has 2 heterocycles. The molecular weight excluding hydrogens is 351 g/mol. The van der Waals surface area contributed by atoms with Crippen molar-refractivity contribution in [3.8, 4) is 33.4 Å². The SMILES string of the molecule is COc1ccc(-c2csc(-c3nnn(-c4ccc(F)cc4)c3C)n2)cc1. The molecule has 0 spiro atoms. The number of hydrogen-bond donors (Lipinski definition) is 0. The van der Waals surface area contributed by atoms with Crippen LogP contribution in [-0.2, 0) is 0 Å². The van der Waals surface area contributed by atoms with Gasteiger partial charge in [-0.15, -0.1) is 16.4 Å². The fourth-order valence-corrected chi connectivity index (χ4v) is 3.49. The first kappa shape index (κ1) is 16.4. The molecule has 0 fully saturated rings. The molecule has 4 aromatic rings. The van der Waals surface area contributed by atoms with E-state index in [1.165, 1.54) is 23.5 Å². The lowest BCUT2D eigenvalue weighted by atomic mass is 10.2. The van der Waals surface area contributed by atoms with Crippen LogP contribution in [0.3, 0.4) is 0 Å². The van der Waals surface area contributed by atoms with Gasteiger partial charge in [0.25, 0.3) is 0 Å². The van der Waals surface area contributed by atoms with E-state index in [0.29, 0.717) is 0 Å². The molecule has 26 heavy (non-hydrogen) atoms. The van der Waals surface area contributed by atoms with Crippen LogP contribution in [-0.4, -0.2) is 27.1 Å². The van der Waals surface area contributed by atoms with Gasteiger partial charge in [0, 0.05) is 10.9 Å². The molecule has 2 aromatic heterocycles. The van der Waals surface area contributed by atoms with E-state index in [9.17, 15) is 4.39 Å². The van der Waals surface area contributed by atoms with E-state index in [1.54, 1.807) is 23.9 Å². The Labute approximate surface area is 153 Å². The molecule has 0 radical (unpaired) electrons. The monoisotopic (exact) mass is 366 g/mol. The first-order valence-corrected chi connectivity index (χ1v) is 8.82. The topological polar surface area (TPSA) is 52.8 Å². The molecule has 5 nitrogen and oxygen atoms in total. The molecule has 0 saturated carbocycles. The van der Waals surface area contributed by atoms with Crippen molar-refractivity contribution in [1.29, 1.82) is 0 Å². The minimum Gasteiger partial charge on any atom is -0.497 e. The van der Waals surface area contributed by atoms with Crippen molar-refractivity contribution in [3.05, 3.63) is 65.4 Å². The highest BCUT2D eigenvalue weighted by molar-refractivity contribution is 7.13. The van der Waals surface area contributed by atoms with Crippen molar-refractivity contribution in [2.45, 2.75) is 6.92 Å². The van der Waals surface area contributed by atoms with Gasteiger partial charge in [0.1, 0.15) is 22.3 Å². The Bertz CT molecular complexity index is 1040. The van der Waals surface area contributed by atoms with Crippen molar-refractivity contribution in [1.82, 2.24) is 20.0 Å². The summed E-state index contributed by atoms with van der Waals surface area (Å²) in [5, 5.41) is 11.2. The largest absolute Gasteiger partial charge is 0.497 e. The van der Waals surface area contributed by atoms with Crippen molar-refractivity contribution < 1.29 is 9.13 Å². The van der Waals surface area contributed by atoms with Crippen molar-refractivity contribution >= 4 is 11.3 Å². The highest BCUT2D eigenvalue weighted by Crippen LogP contribution is 2.30. The zero-order valence-electron chi connectivity index (χ0n) is 14.2. The molecule has 0 atom stereocenters. The number of ether oxygens (including phenoxy) is 1. The number of benzene rings is 2. The zero-order chi connectivity index (χ0) is 18.1. The summed E-state index contributed by atoms with van der Waals surface area (Å²) in [5.41, 5.74) is 4.22. The second-order valence-electron chi connectivity index (χ2n) is 5.68. The maximum atomic E-state index is 13.1. The van der Waals surface area contributed by atoms with E-state index in [4.69, 9.17) is 9.72 Å². The summed E-state index contributed by atoms with van der Waals surface area (Å²) in [4.78, 5) is 4.69. The summed E-state index contributed by atoms with van der Waals surface area (Å²) in [6.45, 7) is 1.92. The molecule has 0 aliphatic rings. The van der Waals surface area contributed by atoms with Crippen LogP contribution in [0.25, 0.3) is 27.6 Å². The van der Waals surface area contributed by atoms with Crippen LogP contribution in [0.1, 0.15) is 5.69 Å². The van der Waals surface area contributed by atoms with Crippen LogP contribution in [0.5, 0.6) is 5.75 Å². The van der Waals surface area contributed by atoms with Crippen molar-refractivity contribution in [3.63, 3.8) is 0 Å². The molecule has 0 N–H and O–H groups in total. The van der Waals surface area contributed by atoms with Gasteiger partial charge < -0.3 is 4.74 Å². The first-order valence-electron chi connectivity index (χ1n) is 7.94. The fourth-order valence-electron chi connectivity index (χ4n) is 2.63. The normalized spacial score (nSPS) is 10.9. The molecule has 2 aromatic carbocycles. The Morgan fingerprint density at radius 1 is 1.04 bits per heavy atom. The van der Waals surface area contributed by atoms with Gasteiger partial charge in [-0.05, 0) is 55.5 Å². The van der Waals surface area contributed by atoms with Crippen LogP contribution in [0.15, 0.2) is 53.9 Å². The molecule has 0 aliphatic heterocycles. The number of halogens is 1. The maximum Gasteiger partial charge on any atom is 0.146 e. The van der Waals surface area contributed by atoms with Crippen LogP contribution in [0.2, 0.25) is 0 Å². The van der Waals surface area contributed by atoms with Crippen LogP contribution >= 0.6 is 11.3 Å². The van der Waals surface area contributed by atoms with E-state index in [0.717, 1.165) is 39.1 Å². The quantitative estimate of drug-likeness (QED) is 0.533. The highest BCUT2D eigenvalue weighted by atomic mass is 32.1. The van der Waals surface area contributed by atoms with E-state index in [1.807, 2.05) is 36.6 Å². The molecule has 0 aliphatic carbocycles. The van der Waals surface area contributed by atoms with E-state index >= 15 is 0 Å². The number of rotatable bonds is 4. The predicted molar refractivity (Wildman–Crippen MR) is 99.1 cm³/mol. The Morgan fingerprint density at radius 3 is 2.46 bits per heavy atom. The average molecular weight is 366 g/mol. The van der Waals surface area contributed by atoms with Crippen molar-refractivity contribution in [2.24, 2.45) is 0 Å². The molecule has 0 amide bonds. The predicted octanol–water partition coefficient (Wildman–Crippen LogP) is 4.51. The average Bonchev–Trinajstić information content (AvgIpc) is 3.29. The van der Waals surface area contributed by atoms with Crippen molar-refractivity contribution in [2.75, 3.05) is 7.11 Å². The number of aromatic nitrogens is 4. The lowest BCUT2D eigenvalue weighted by Gasteiger charge is -2.02. The standard InChI is InChI=1S/C19H15FN4OS/c1-12-18(22-23-24(12)15-7-5-14(20)6-8-15)19-21-17(11-26-19)13-3-9-16(25-2)10-4-13/h3-11H,1-2H3. The minimum atomic E-state index is -0.282. The van der Waals surface area contributed by atoms with Gasteiger partial charge in [-0.3, -0.25) is 0 Å². The fraction of sp³-hybridized carbons (Fsp3) is 0.105. The summed E-state index contributed by atoms with van der Waals surface area (Å²) in [6.07, 6.45) is 0. The molecular formula is C19H15FN4OS. The van der Waals surface area contributed by atoms with Crippen LogP contribution < -0.4 is 4.74 Å². The van der Waals surface area contributed by atoms with Gasteiger partial charge >= 0.3 is 0 Å². The maximum absolute atomic E-state index is 13.1. The number of thiazole rings is 1. The second-order valence-corrected chi connectivity index (χ2v) is 6.54. The Hall–Kier alpha value is -3.06. The zero-order valence-corrected chi connectivity index (χ0v) is 15.0. The van der Waals surface area contributed by atoms with E-state index in [2.05, 4.69) is 10.3 Å². The second kappa shape index (κ2) is 6.68. The summed E-state index contributed by atoms with van der Waals surface area (Å²) < 4.78 is 20.0. The number of hydrogen-bond acceptors (Lipinski definition) is 5. The van der Waals surface area contributed by atoms with Crippen LogP contribution in [0.4, 0.5) is 4.39 Å². The molecule has 0 bridgehead atoms. The highest BCUT2D eigenvalue weighted by Gasteiger charge is 2.16. The summed E-state index contributed by atoms with van der Waals surface area (Å²) >= 11 is 1.51. The molecule has 130 valence electrons. The minimum absolute atomic E-state index is 0.282.